The lowest BCUT2D eigenvalue weighted by molar-refractivity contribution is -0.274. The molecule has 2 aromatic heterocycles. The van der Waals surface area contributed by atoms with Crippen LogP contribution in [0.15, 0.2) is 59.1 Å². The van der Waals surface area contributed by atoms with E-state index in [-0.39, 0.29) is 17.5 Å². The van der Waals surface area contributed by atoms with Gasteiger partial charge in [-0.05, 0) is 42.8 Å². The Balaban J connectivity index is 1.52. The Labute approximate surface area is 169 Å². The lowest BCUT2D eigenvalue weighted by atomic mass is 10.1. The summed E-state index contributed by atoms with van der Waals surface area (Å²) in [5.41, 5.74) is 4.34. The lowest BCUT2D eigenvalue weighted by Crippen LogP contribution is -2.16. The van der Waals surface area contributed by atoms with E-state index < -0.39 is 6.36 Å². The molecule has 6 nitrogen and oxygen atoms in total. The molecule has 0 radical (unpaired) electrons. The third-order valence-corrected chi connectivity index (χ3v) is 4.47. The van der Waals surface area contributed by atoms with Gasteiger partial charge in [0.25, 0.3) is 5.89 Å². The molecule has 0 saturated carbocycles. The predicted octanol–water partition coefficient (Wildman–Crippen LogP) is 4.93. The molecule has 0 bridgehead atoms. The van der Waals surface area contributed by atoms with Crippen molar-refractivity contribution in [1.29, 1.82) is 0 Å². The smallest absolute Gasteiger partial charge is 0.406 e. The number of halogens is 3. The second-order valence-electron chi connectivity index (χ2n) is 6.80. The molecule has 0 unspecified atom stereocenters. The van der Waals surface area contributed by atoms with Crippen LogP contribution < -0.4 is 4.74 Å². The standard InChI is InChI=1S/C21H17F3N4O2/c1-13-3-5-14(6-4-13)11-16-12-18(26-28(16)2)20-25-19(27-30-20)15-7-9-17(10-8-15)29-21(22,23)24/h3-10,12H,11H2,1-2H3. The first-order chi connectivity index (χ1) is 14.3. The van der Waals surface area contributed by atoms with E-state index in [1.165, 1.54) is 29.8 Å². The van der Waals surface area contributed by atoms with Gasteiger partial charge in [-0.25, -0.2) is 0 Å². The second kappa shape index (κ2) is 7.66. The van der Waals surface area contributed by atoms with Crippen molar-refractivity contribution in [2.24, 2.45) is 7.05 Å². The maximum atomic E-state index is 12.3. The number of hydrogen-bond donors (Lipinski definition) is 0. The molecule has 2 heterocycles. The van der Waals surface area contributed by atoms with Gasteiger partial charge in [0, 0.05) is 24.7 Å². The zero-order valence-corrected chi connectivity index (χ0v) is 16.1. The number of nitrogens with zero attached hydrogens (tertiary/aromatic N) is 4. The average molecular weight is 414 g/mol. The molecule has 9 heteroatoms. The van der Waals surface area contributed by atoms with Crippen molar-refractivity contribution in [1.82, 2.24) is 19.9 Å². The molecule has 2 aromatic carbocycles. The van der Waals surface area contributed by atoms with Crippen LogP contribution in [-0.2, 0) is 13.5 Å². The summed E-state index contributed by atoms with van der Waals surface area (Å²) in [6, 6.07) is 15.4. The molecule has 0 N–H and O–H groups in total. The molecule has 0 amide bonds. The minimum absolute atomic E-state index is 0.228. The van der Waals surface area contributed by atoms with Crippen LogP contribution in [0.2, 0.25) is 0 Å². The molecular formula is C21H17F3N4O2. The first kappa shape index (κ1) is 19.7. The molecule has 0 aliphatic carbocycles. The lowest BCUT2D eigenvalue weighted by Gasteiger charge is -2.08. The molecule has 0 spiro atoms. The van der Waals surface area contributed by atoms with Crippen LogP contribution >= 0.6 is 0 Å². The van der Waals surface area contributed by atoms with Crippen molar-refractivity contribution in [3.8, 4) is 28.7 Å². The van der Waals surface area contributed by atoms with Gasteiger partial charge in [-0.1, -0.05) is 35.0 Å². The molecule has 0 aliphatic heterocycles. The van der Waals surface area contributed by atoms with E-state index in [0.717, 1.165) is 11.3 Å². The highest BCUT2D eigenvalue weighted by Gasteiger charge is 2.31. The van der Waals surface area contributed by atoms with Crippen LogP contribution in [0.4, 0.5) is 13.2 Å². The normalized spacial score (nSPS) is 11.6. The van der Waals surface area contributed by atoms with Gasteiger partial charge in [-0.3, -0.25) is 4.68 Å². The van der Waals surface area contributed by atoms with Crippen LogP contribution in [0.5, 0.6) is 5.75 Å². The maximum absolute atomic E-state index is 12.3. The fourth-order valence-electron chi connectivity index (χ4n) is 2.94. The Kier molecular flexibility index (Phi) is 5.03. The van der Waals surface area contributed by atoms with E-state index in [1.54, 1.807) is 4.68 Å². The van der Waals surface area contributed by atoms with Crippen LogP contribution in [0.25, 0.3) is 23.0 Å². The number of benzene rings is 2. The molecule has 0 atom stereocenters. The van der Waals surface area contributed by atoms with E-state index in [2.05, 4.69) is 44.2 Å². The largest absolute Gasteiger partial charge is 0.573 e. The van der Waals surface area contributed by atoms with Gasteiger partial charge in [0.1, 0.15) is 5.75 Å². The first-order valence-corrected chi connectivity index (χ1v) is 9.05. The Morgan fingerprint density at radius 1 is 1.03 bits per heavy atom. The quantitative estimate of drug-likeness (QED) is 0.463. The summed E-state index contributed by atoms with van der Waals surface area (Å²) < 4.78 is 47.7. The van der Waals surface area contributed by atoms with Gasteiger partial charge in [0.05, 0.1) is 0 Å². The van der Waals surface area contributed by atoms with Crippen molar-refractivity contribution in [2.45, 2.75) is 19.7 Å². The maximum Gasteiger partial charge on any atom is 0.573 e. The summed E-state index contributed by atoms with van der Waals surface area (Å²) in [6.07, 6.45) is -4.04. The zero-order valence-electron chi connectivity index (χ0n) is 16.1. The van der Waals surface area contributed by atoms with E-state index in [4.69, 9.17) is 4.52 Å². The van der Waals surface area contributed by atoms with Crippen LogP contribution in [0, 0.1) is 6.92 Å². The number of rotatable bonds is 5. The molecule has 0 fully saturated rings. The minimum Gasteiger partial charge on any atom is -0.406 e. The molecule has 0 aliphatic rings. The highest BCUT2D eigenvalue weighted by Crippen LogP contribution is 2.27. The first-order valence-electron chi connectivity index (χ1n) is 9.05. The zero-order chi connectivity index (χ0) is 21.3. The van der Waals surface area contributed by atoms with E-state index in [0.29, 0.717) is 17.7 Å². The highest BCUT2D eigenvalue weighted by atomic mass is 19.4. The van der Waals surface area contributed by atoms with Crippen LogP contribution in [-0.4, -0.2) is 26.3 Å². The third-order valence-electron chi connectivity index (χ3n) is 4.47. The predicted molar refractivity (Wildman–Crippen MR) is 103 cm³/mol. The monoisotopic (exact) mass is 414 g/mol. The summed E-state index contributed by atoms with van der Waals surface area (Å²) in [5.74, 6) is 0.154. The molecule has 30 heavy (non-hydrogen) atoms. The van der Waals surface area contributed by atoms with Crippen LogP contribution in [0.3, 0.4) is 0 Å². The topological polar surface area (TPSA) is 66.0 Å². The summed E-state index contributed by atoms with van der Waals surface area (Å²) in [6.45, 7) is 2.04. The van der Waals surface area contributed by atoms with Gasteiger partial charge in [-0.2, -0.15) is 10.1 Å². The summed E-state index contributed by atoms with van der Waals surface area (Å²) in [5, 5.41) is 8.33. The summed E-state index contributed by atoms with van der Waals surface area (Å²) in [4.78, 5) is 4.31. The molecule has 154 valence electrons. The number of alkyl halides is 3. The van der Waals surface area contributed by atoms with Crippen molar-refractivity contribution >= 4 is 0 Å². The van der Waals surface area contributed by atoms with Gasteiger partial charge < -0.3 is 9.26 Å². The fraction of sp³-hybridized carbons (Fsp3) is 0.190. The highest BCUT2D eigenvalue weighted by molar-refractivity contribution is 5.59. The van der Waals surface area contributed by atoms with Crippen LogP contribution in [0.1, 0.15) is 16.8 Å². The Morgan fingerprint density at radius 3 is 2.40 bits per heavy atom. The number of ether oxygens (including phenoxy) is 1. The van der Waals surface area contributed by atoms with Crippen molar-refractivity contribution < 1.29 is 22.4 Å². The third kappa shape index (κ3) is 4.51. The summed E-state index contributed by atoms with van der Waals surface area (Å²) in [7, 11) is 1.84. The van der Waals surface area contributed by atoms with Gasteiger partial charge in [0.2, 0.25) is 5.82 Å². The molecular weight excluding hydrogens is 397 g/mol. The number of aryl methyl sites for hydroxylation is 2. The van der Waals surface area contributed by atoms with Crippen molar-refractivity contribution in [2.75, 3.05) is 0 Å². The van der Waals surface area contributed by atoms with Crippen molar-refractivity contribution in [3.63, 3.8) is 0 Å². The van der Waals surface area contributed by atoms with Gasteiger partial charge >= 0.3 is 6.36 Å². The summed E-state index contributed by atoms with van der Waals surface area (Å²) >= 11 is 0. The Hall–Kier alpha value is -3.62. The van der Waals surface area contributed by atoms with E-state index >= 15 is 0 Å². The SMILES string of the molecule is Cc1ccc(Cc2cc(-c3nc(-c4ccc(OC(F)(F)F)cc4)no3)nn2C)cc1. The van der Waals surface area contributed by atoms with Gasteiger partial charge in [-0.15, -0.1) is 13.2 Å². The van der Waals surface area contributed by atoms with Gasteiger partial charge in [0.15, 0.2) is 5.69 Å². The Morgan fingerprint density at radius 2 is 1.73 bits per heavy atom. The second-order valence-corrected chi connectivity index (χ2v) is 6.80. The number of aromatic nitrogens is 4. The molecule has 4 rings (SSSR count). The molecule has 0 saturated heterocycles. The molecule has 4 aromatic rings. The minimum atomic E-state index is -4.74. The van der Waals surface area contributed by atoms with E-state index in [1.807, 2.05) is 20.0 Å². The average Bonchev–Trinajstić information content (AvgIpc) is 3.30. The fourth-order valence-corrected chi connectivity index (χ4v) is 2.94. The Bertz CT molecular complexity index is 1150. The van der Waals surface area contributed by atoms with Crippen molar-refractivity contribution in [3.05, 3.63) is 71.4 Å². The van der Waals surface area contributed by atoms with E-state index in [9.17, 15) is 13.2 Å². The number of hydrogen-bond acceptors (Lipinski definition) is 5.